The Kier molecular flexibility index (Phi) is 4.42. The van der Waals surface area contributed by atoms with Crippen LogP contribution < -0.4 is 5.48 Å². The van der Waals surface area contributed by atoms with Gasteiger partial charge in [-0.3, -0.25) is 4.79 Å². The molecule has 0 saturated carbocycles. The van der Waals surface area contributed by atoms with Crippen LogP contribution in [0.4, 0.5) is 0 Å². The average Bonchev–Trinajstić information content (AvgIpc) is 3.06. The molecule has 0 radical (unpaired) electrons. The summed E-state index contributed by atoms with van der Waals surface area (Å²) < 4.78 is 0. The Labute approximate surface area is 157 Å². The highest BCUT2D eigenvalue weighted by Crippen LogP contribution is 2.31. The van der Waals surface area contributed by atoms with Crippen molar-refractivity contribution in [3.8, 4) is 0 Å². The van der Waals surface area contributed by atoms with Gasteiger partial charge in [0.25, 0.3) is 5.91 Å². The zero-order valence-corrected chi connectivity index (χ0v) is 15.3. The zero-order valence-electron chi connectivity index (χ0n) is 14.5. The molecule has 2 aliphatic rings. The molecule has 1 amide bonds. The van der Waals surface area contributed by atoms with E-state index in [1.807, 2.05) is 60.4 Å². The van der Waals surface area contributed by atoms with Gasteiger partial charge in [0.1, 0.15) is 0 Å². The second-order valence-electron chi connectivity index (χ2n) is 6.78. The van der Waals surface area contributed by atoms with Crippen LogP contribution in [-0.4, -0.2) is 35.5 Å². The molecule has 2 aromatic rings. The molecule has 0 bridgehead atoms. The van der Waals surface area contributed by atoms with Crippen LogP contribution in [0.1, 0.15) is 34.3 Å². The van der Waals surface area contributed by atoms with Gasteiger partial charge in [-0.15, -0.1) is 0 Å². The van der Waals surface area contributed by atoms with Crippen molar-refractivity contribution in [1.82, 2.24) is 10.4 Å². The van der Waals surface area contributed by atoms with Crippen LogP contribution in [-0.2, 0) is 4.84 Å². The van der Waals surface area contributed by atoms with Gasteiger partial charge in [0.2, 0.25) is 0 Å². The van der Waals surface area contributed by atoms with E-state index in [-0.39, 0.29) is 5.91 Å². The zero-order chi connectivity index (χ0) is 18.1. The van der Waals surface area contributed by atoms with E-state index in [0.29, 0.717) is 36.8 Å². The Morgan fingerprint density at radius 1 is 1.19 bits per heavy atom. The van der Waals surface area contributed by atoms with E-state index < -0.39 is 5.72 Å². The minimum Gasteiger partial charge on any atom is -0.338 e. The van der Waals surface area contributed by atoms with Crippen LogP contribution in [0.2, 0.25) is 5.02 Å². The minimum atomic E-state index is -0.599. The fourth-order valence-corrected chi connectivity index (χ4v) is 3.48. The lowest BCUT2D eigenvalue weighted by Crippen LogP contribution is -2.46. The van der Waals surface area contributed by atoms with Crippen LogP contribution in [0.5, 0.6) is 0 Å². The number of benzene rings is 2. The third kappa shape index (κ3) is 3.32. The summed E-state index contributed by atoms with van der Waals surface area (Å²) >= 11 is 5.94. The molecule has 4 rings (SSSR count). The van der Waals surface area contributed by atoms with E-state index in [1.165, 1.54) is 0 Å². The number of halogens is 1. The maximum Gasteiger partial charge on any atom is 0.253 e. The SMILES string of the molecule is Cc1cccc(C(=O)N2CCC3(CC2)N=C(c2ccc(Cl)cc2)NO3)c1. The van der Waals surface area contributed by atoms with Gasteiger partial charge in [0.15, 0.2) is 11.6 Å². The molecule has 1 saturated heterocycles. The Bertz CT molecular complexity index is 856. The number of aliphatic imine (C=N–C) groups is 1. The lowest BCUT2D eigenvalue weighted by atomic mass is 10.00. The van der Waals surface area contributed by atoms with E-state index >= 15 is 0 Å². The lowest BCUT2D eigenvalue weighted by Gasteiger charge is -2.35. The number of carbonyl (C=O) groups excluding carboxylic acids is 1. The maximum atomic E-state index is 12.7. The van der Waals surface area contributed by atoms with Gasteiger partial charge in [0.05, 0.1) is 0 Å². The molecule has 5 nitrogen and oxygen atoms in total. The highest BCUT2D eigenvalue weighted by atomic mass is 35.5. The molecule has 2 heterocycles. The Balaban J connectivity index is 1.45. The third-order valence-electron chi connectivity index (χ3n) is 4.87. The summed E-state index contributed by atoms with van der Waals surface area (Å²) in [6.07, 6.45) is 1.32. The minimum absolute atomic E-state index is 0.0661. The Hall–Kier alpha value is -2.37. The number of nitrogens with zero attached hydrogens (tertiary/aromatic N) is 2. The van der Waals surface area contributed by atoms with Crippen LogP contribution in [0.3, 0.4) is 0 Å². The number of likely N-dealkylation sites (tertiary alicyclic amines) is 1. The first kappa shape index (κ1) is 17.1. The van der Waals surface area contributed by atoms with Gasteiger partial charge in [-0.25, -0.2) is 15.3 Å². The molecule has 1 fully saturated rings. The van der Waals surface area contributed by atoms with Gasteiger partial charge in [-0.1, -0.05) is 29.3 Å². The van der Waals surface area contributed by atoms with Gasteiger partial charge in [0, 0.05) is 42.1 Å². The lowest BCUT2D eigenvalue weighted by molar-refractivity contribution is -0.0849. The van der Waals surface area contributed by atoms with Crippen molar-refractivity contribution in [2.75, 3.05) is 13.1 Å². The van der Waals surface area contributed by atoms with Crippen molar-refractivity contribution in [3.63, 3.8) is 0 Å². The number of amidine groups is 1. The van der Waals surface area contributed by atoms with Crippen LogP contribution in [0, 0.1) is 6.92 Å². The van der Waals surface area contributed by atoms with Gasteiger partial charge in [-0.2, -0.15) is 0 Å². The molecule has 26 heavy (non-hydrogen) atoms. The smallest absolute Gasteiger partial charge is 0.253 e. The average molecular weight is 370 g/mol. The summed E-state index contributed by atoms with van der Waals surface area (Å²) in [5, 5.41) is 0.686. The van der Waals surface area contributed by atoms with Gasteiger partial charge >= 0.3 is 0 Å². The number of hydrogen-bond acceptors (Lipinski definition) is 4. The number of hydroxylamine groups is 1. The first-order valence-electron chi connectivity index (χ1n) is 8.70. The number of nitrogens with one attached hydrogen (secondary N) is 1. The first-order chi connectivity index (χ1) is 12.5. The van der Waals surface area contributed by atoms with Gasteiger partial charge < -0.3 is 4.90 Å². The number of rotatable bonds is 2. The second-order valence-corrected chi connectivity index (χ2v) is 7.22. The monoisotopic (exact) mass is 369 g/mol. The molecule has 6 heteroatoms. The molecule has 2 aliphatic heterocycles. The fourth-order valence-electron chi connectivity index (χ4n) is 3.36. The summed E-state index contributed by atoms with van der Waals surface area (Å²) in [5.41, 5.74) is 5.10. The predicted molar refractivity (Wildman–Crippen MR) is 101 cm³/mol. The summed E-state index contributed by atoms with van der Waals surface area (Å²) in [6.45, 7) is 3.23. The van der Waals surface area contributed by atoms with Crippen molar-refractivity contribution in [3.05, 3.63) is 70.2 Å². The van der Waals surface area contributed by atoms with E-state index in [0.717, 1.165) is 16.7 Å². The van der Waals surface area contributed by atoms with Crippen LogP contribution >= 0.6 is 11.6 Å². The van der Waals surface area contributed by atoms with Gasteiger partial charge in [-0.05, 0) is 43.3 Å². The number of carbonyl (C=O) groups is 1. The fraction of sp³-hybridized carbons (Fsp3) is 0.300. The van der Waals surface area contributed by atoms with E-state index in [1.54, 1.807) is 0 Å². The molecular weight excluding hydrogens is 350 g/mol. The molecule has 134 valence electrons. The van der Waals surface area contributed by atoms with Crippen molar-refractivity contribution in [2.24, 2.45) is 4.99 Å². The number of hydrogen-bond donors (Lipinski definition) is 1. The molecule has 0 aromatic heterocycles. The largest absolute Gasteiger partial charge is 0.338 e. The molecular formula is C20H20ClN3O2. The highest BCUT2D eigenvalue weighted by molar-refractivity contribution is 6.30. The van der Waals surface area contributed by atoms with E-state index in [4.69, 9.17) is 21.4 Å². The Morgan fingerprint density at radius 2 is 1.92 bits per heavy atom. The highest BCUT2D eigenvalue weighted by Gasteiger charge is 2.41. The van der Waals surface area contributed by atoms with Crippen LogP contribution in [0.15, 0.2) is 53.5 Å². The second kappa shape index (κ2) is 6.74. The first-order valence-corrected chi connectivity index (χ1v) is 9.08. The van der Waals surface area contributed by atoms with Crippen molar-refractivity contribution >= 4 is 23.3 Å². The van der Waals surface area contributed by atoms with Crippen molar-refractivity contribution in [2.45, 2.75) is 25.5 Å². The normalized spacial score (nSPS) is 18.5. The third-order valence-corrected chi connectivity index (χ3v) is 5.12. The maximum absolute atomic E-state index is 12.7. The quantitative estimate of drug-likeness (QED) is 0.880. The molecule has 1 N–H and O–H groups in total. The van der Waals surface area contributed by atoms with Crippen LogP contribution in [0.25, 0.3) is 0 Å². The number of aryl methyl sites for hydroxylation is 1. The summed E-state index contributed by atoms with van der Waals surface area (Å²) in [6, 6.07) is 15.2. The molecule has 2 aromatic carbocycles. The topological polar surface area (TPSA) is 53.9 Å². The van der Waals surface area contributed by atoms with E-state index in [9.17, 15) is 4.79 Å². The van der Waals surface area contributed by atoms with Crippen molar-refractivity contribution in [1.29, 1.82) is 0 Å². The van der Waals surface area contributed by atoms with Crippen molar-refractivity contribution < 1.29 is 9.63 Å². The number of piperidine rings is 1. The predicted octanol–water partition coefficient (Wildman–Crippen LogP) is 3.56. The summed E-state index contributed by atoms with van der Waals surface area (Å²) in [5.74, 6) is 0.775. The molecule has 0 aliphatic carbocycles. The standard InChI is InChI=1S/C20H20ClN3O2/c1-14-3-2-4-16(13-14)19(25)24-11-9-20(10-12-24)22-18(23-26-20)15-5-7-17(21)8-6-15/h2-8,13H,9-12H2,1H3,(H,22,23). The number of amides is 1. The summed E-state index contributed by atoms with van der Waals surface area (Å²) in [7, 11) is 0. The molecule has 1 spiro atoms. The van der Waals surface area contributed by atoms with E-state index in [2.05, 4.69) is 5.48 Å². The molecule has 0 atom stereocenters. The summed E-state index contributed by atoms with van der Waals surface area (Å²) in [4.78, 5) is 25.1. The Morgan fingerprint density at radius 3 is 2.62 bits per heavy atom. The molecule has 0 unspecified atom stereocenters.